The van der Waals surface area contributed by atoms with Crippen molar-refractivity contribution in [1.29, 1.82) is 0 Å². The number of rotatable bonds is 5. The fourth-order valence-corrected chi connectivity index (χ4v) is 2.74. The molecule has 16 heavy (non-hydrogen) atoms. The van der Waals surface area contributed by atoms with Gasteiger partial charge in [-0.15, -0.1) is 11.3 Å². The molecule has 0 spiro atoms. The van der Waals surface area contributed by atoms with E-state index in [0.717, 1.165) is 9.35 Å². The number of ketones is 1. The number of thiophene rings is 1. The molecule has 1 rings (SSSR count). The van der Waals surface area contributed by atoms with Crippen LogP contribution in [-0.4, -0.2) is 23.6 Å². The molecular formula is C11H14BrNO2S. The molecule has 5 heteroatoms. The van der Waals surface area contributed by atoms with Crippen LogP contribution in [0.1, 0.15) is 24.6 Å². The van der Waals surface area contributed by atoms with Gasteiger partial charge in [-0.3, -0.25) is 4.79 Å². The molecule has 88 valence electrons. The van der Waals surface area contributed by atoms with E-state index in [9.17, 15) is 9.59 Å². The van der Waals surface area contributed by atoms with Crippen LogP contribution in [0.4, 0.5) is 0 Å². The Morgan fingerprint density at radius 1 is 1.44 bits per heavy atom. The number of hydrogen-bond donors (Lipinski definition) is 0. The van der Waals surface area contributed by atoms with Crippen molar-refractivity contribution < 1.29 is 9.59 Å². The monoisotopic (exact) mass is 303 g/mol. The fourth-order valence-electron chi connectivity index (χ4n) is 1.23. The Balaban J connectivity index is 2.42. The highest BCUT2D eigenvalue weighted by atomic mass is 79.9. The first kappa shape index (κ1) is 13.4. The van der Waals surface area contributed by atoms with E-state index in [2.05, 4.69) is 15.9 Å². The molecule has 0 aliphatic heterocycles. The number of carbonyl (C=O) groups excluding carboxylic acids is 2. The molecule has 0 unspecified atom stereocenters. The molecule has 3 nitrogen and oxygen atoms in total. The molecular weight excluding hydrogens is 290 g/mol. The van der Waals surface area contributed by atoms with Gasteiger partial charge in [-0.1, -0.05) is 0 Å². The van der Waals surface area contributed by atoms with Crippen LogP contribution in [0.15, 0.2) is 15.9 Å². The minimum Gasteiger partial charge on any atom is -0.341 e. The minimum atomic E-state index is 0.0136. The Bertz CT molecular complexity index is 389. The zero-order valence-corrected chi connectivity index (χ0v) is 11.7. The second-order valence-electron chi connectivity index (χ2n) is 3.68. The summed E-state index contributed by atoms with van der Waals surface area (Å²) in [6, 6.07) is 2.00. The fraction of sp³-hybridized carbons (Fsp3) is 0.455. The van der Waals surface area contributed by atoms with Gasteiger partial charge in [-0.05, 0) is 28.9 Å². The van der Waals surface area contributed by atoms with Crippen molar-refractivity contribution in [2.24, 2.45) is 0 Å². The summed E-state index contributed by atoms with van der Waals surface area (Å²) in [6.07, 6.45) is 0.635. The summed E-state index contributed by atoms with van der Waals surface area (Å²) >= 11 is 4.98. The lowest BCUT2D eigenvalue weighted by Gasteiger charge is -2.15. The van der Waals surface area contributed by atoms with Crippen LogP contribution in [0.5, 0.6) is 0 Å². The van der Waals surface area contributed by atoms with Gasteiger partial charge in [-0.2, -0.15) is 0 Å². The molecule has 0 fully saturated rings. The van der Waals surface area contributed by atoms with Gasteiger partial charge in [0.2, 0.25) is 5.91 Å². The summed E-state index contributed by atoms with van der Waals surface area (Å²) in [5.74, 6) is 0.0698. The third-order valence-corrected chi connectivity index (χ3v) is 3.81. The summed E-state index contributed by atoms with van der Waals surface area (Å²) in [5.41, 5.74) is 0. The maximum atomic E-state index is 11.6. The van der Waals surface area contributed by atoms with Crippen molar-refractivity contribution in [2.45, 2.75) is 26.3 Å². The van der Waals surface area contributed by atoms with Gasteiger partial charge in [-0.25, -0.2) is 0 Å². The van der Waals surface area contributed by atoms with Gasteiger partial charge < -0.3 is 9.69 Å². The van der Waals surface area contributed by atoms with E-state index in [1.54, 1.807) is 23.3 Å². The lowest BCUT2D eigenvalue weighted by atomic mass is 10.2. The average Bonchev–Trinajstić information content (AvgIpc) is 2.60. The van der Waals surface area contributed by atoms with Crippen molar-refractivity contribution in [3.05, 3.63) is 20.8 Å². The summed E-state index contributed by atoms with van der Waals surface area (Å²) < 4.78 is 1.04. The molecule has 1 heterocycles. The van der Waals surface area contributed by atoms with E-state index in [4.69, 9.17) is 0 Å². The maximum absolute atomic E-state index is 11.6. The van der Waals surface area contributed by atoms with Crippen LogP contribution in [0.25, 0.3) is 0 Å². The Morgan fingerprint density at radius 2 is 2.12 bits per heavy atom. The molecule has 0 aliphatic carbocycles. The zero-order valence-electron chi connectivity index (χ0n) is 9.33. The van der Waals surface area contributed by atoms with Crippen LogP contribution in [-0.2, 0) is 16.1 Å². The normalized spacial score (nSPS) is 10.2. The molecule has 0 bridgehead atoms. The molecule has 1 aromatic rings. The molecule has 0 atom stereocenters. The number of halogens is 1. The summed E-state index contributed by atoms with van der Waals surface area (Å²) in [4.78, 5) is 25.2. The number of nitrogens with zero attached hydrogens (tertiary/aromatic N) is 1. The van der Waals surface area contributed by atoms with E-state index in [-0.39, 0.29) is 11.7 Å². The molecule has 0 saturated heterocycles. The summed E-state index contributed by atoms with van der Waals surface area (Å²) in [7, 11) is 1.76. The maximum Gasteiger partial charge on any atom is 0.223 e. The van der Waals surface area contributed by atoms with Crippen LogP contribution < -0.4 is 0 Å². The van der Waals surface area contributed by atoms with Crippen molar-refractivity contribution in [2.75, 3.05) is 7.05 Å². The first-order valence-electron chi connectivity index (χ1n) is 4.95. The van der Waals surface area contributed by atoms with Crippen LogP contribution >= 0.6 is 27.3 Å². The summed E-state index contributed by atoms with van der Waals surface area (Å²) in [5, 5.41) is 1.99. The number of amides is 1. The van der Waals surface area contributed by atoms with Crippen molar-refractivity contribution in [1.82, 2.24) is 4.90 Å². The van der Waals surface area contributed by atoms with Gasteiger partial charge >= 0.3 is 0 Å². The molecule has 0 radical (unpaired) electrons. The Kier molecular flexibility index (Phi) is 5.15. The molecule has 1 amide bonds. The average molecular weight is 304 g/mol. The van der Waals surface area contributed by atoms with Crippen molar-refractivity contribution in [3.63, 3.8) is 0 Å². The quantitative estimate of drug-likeness (QED) is 0.839. The zero-order chi connectivity index (χ0) is 12.1. The number of hydrogen-bond acceptors (Lipinski definition) is 3. The first-order chi connectivity index (χ1) is 7.49. The predicted octanol–water partition coefficient (Wildman–Crippen LogP) is 2.84. The van der Waals surface area contributed by atoms with Gasteiger partial charge in [0.25, 0.3) is 0 Å². The van der Waals surface area contributed by atoms with E-state index >= 15 is 0 Å². The van der Waals surface area contributed by atoms with Gasteiger partial charge in [0.15, 0.2) is 0 Å². The minimum absolute atomic E-state index is 0.0136. The standard InChI is InChI=1S/C11H14BrNO2S/c1-8(14)3-4-11(15)13(2)6-10-5-9(12)7-16-10/h5,7H,3-4,6H2,1-2H3. The third kappa shape index (κ3) is 4.45. The van der Waals surface area contributed by atoms with Crippen molar-refractivity contribution >= 4 is 39.0 Å². The summed E-state index contributed by atoms with van der Waals surface area (Å²) in [6.45, 7) is 2.11. The lowest BCUT2D eigenvalue weighted by Crippen LogP contribution is -2.25. The van der Waals surface area contributed by atoms with Crippen LogP contribution in [0.2, 0.25) is 0 Å². The largest absolute Gasteiger partial charge is 0.341 e. The number of Topliss-reactive ketones (excluding diaryl/α,β-unsaturated/α-hetero) is 1. The molecule has 0 N–H and O–H groups in total. The highest BCUT2D eigenvalue weighted by Gasteiger charge is 2.10. The number of carbonyl (C=O) groups is 2. The van der Waals surface area contributed by atoms with Crippen molar-refractivity contribution in [3.8, 4) is 0 Å². The topological polar surface area (TPSA) is 37.4 Å². The van der Waals surface area contributed by atoms with E-state index < -0.39 is 0 Å². The first-order valence-corrected chi connectivity index (χ1v) is 6.62. The lowest BCUT2D eigenvalue weighted by molar-refractivity contribution is -0.132. The second-order valence-corrected chi connectivity index (χ2v) is 5.59. The molecule has 0 saturated carbocycles. The van der Waals surface area contributed by atoms with Crippen LogP contribution in [0, 0.1) is 0 Å². The van der Waals surface area contributed by atoms with E-state index in [1.807, 2.05) is 11.4 Å². The molecule has 1 aromatic heterocycles. The third-order valence-electron chi connectivity index (χ3n) is 2.13. The molecule has 0 aromatic carbocycles. The highest BCUT2D eigenvalue weighted by Crippen LogP contribution is 2.21. The SMILES string of the molecule is CC(=O)CCC(=O)N(C)Cc1cc(Br)cs1. The van der Waals surface area contributed by atoms with Gasteiger partial charge in [0.05, 0.1) is 6.54 Å². The predicted molar refractivity (Wildman–Crippen MR) is 68.4 cm³/mol. The molecule has 0 aliphatic rings. The second kappa shape index (κ2) is 6.15. The van der Waals surface area contributed by atoms with E-state index in [0.29, 0.717) is 19.4 Å². The highest BCUT2D eigenvalue weighted by molar-refractivity contribution is 9.10. The van der Waals surface area contributed by atoms with Gasteiger partial charge in [0.1, 0.15) is 5.78 Å². The smallest absolute Gasteiger partial charge is 0.223 e. The van der Waals surface area contributed by atoms with Crippen LogP contribution in [0.3, 0.4) is 0 Å². The van der Waals surface area contributed by atoms with Gasteiger partial charge in [0, 0.05) is 34.6 Å². The van der Waals surface area contributed by atoms with E-state index in [1.165, 1.54) is 6.92 Å². The Hall–Kier alpha value is -0.680. The Morgan fingerprint density at radius 3 is 2.62 bits per heavy atom. The Labute approximate surface area is 108 Å².